The lowest BCUT2D eigenvalue weighted by molar-refractivity contribution is -0.143. The molecule has 1 saturated carbocycles. The van der Waals surface area contributed by atoms with Crippen LogP contribution in [0.1, 0.15) is 29.7 Å². The third kappa shape index (κ3) is 5.21. The molecule has 1 aliphatic carbocycles. The Morgan fingerprint density at radius 3 is 1.97 bits per heavy atom. The molecule has 29 heavy (non-hydrogen) atoms. The number of nitrogens with one attached hydrogen (secondary N) is 2. The molecule has 0 radical (unpaired) electrons. The maximum Gasteiger partial charge on any atom is 0.433 e. The highest BCUT2D eigenvalue weighted by molar-refractivity contribution is 5.63. The summed E-state index contributed by atoms with van der Waals surface area (Å²) in [4.78, 5) is 6.98. The molecule has 1 aromatic heterocycles. The van der Waals surface area contributed by atoms with E-state index < -0.39 is 52.8 Å². The van der Waals surface area contributed by atoms with Gasteiger partial charge < -0.3 is 10.6 Å². The summed E-state index contributed by atoms with van der Waals surface area (Å²) in [5.41, 5.74) is -5.55. The van der Waals surface area contributed by atoms with Gasteiger partial charge >= 0.3 is 18.5 Å². The molecule has 1 fully saturated rings. The molecule has 13 heteroatoms. The minimum Gasteiger partial charge on any atom is -0.351 e. The number of hydrogen-bond acceptors (Lipinski definition) is 4. The lowest BCUT2D eigenvalue weighted by atomic mass is 10.1. The summed E-state index contributed by atoms with van der Waals surface area (Å²) in [7, 11) is 0. The molecule has 158 valence electrons. The Bertz CT molecular complexity index is 899. The van der Waals surface area contributed by atoms with Crippen molar-refractivity contribution in [3.8, 4) is 0 Å². The van der Waals surface area contributed by atoms with Gasteiger partial charge in [-0.05, 0) is 31.0 Å². The fraction of sp³-hybridized carbons (Fsp3) is 0.375. The number of hydrogen-bond donors (Lipinski definition) is 2. The van der Waals surface area contributed by atoms with Crippen molar-refractivity contribution < 1.29 is 39.5 Å². The standard InChI is InChI=1S/C16H11F9N4/c17-14(18,19)7-1-4-10(9(5-7)15(20,21)22)27-12-6-11(16(23,24)25)28-13(29-12)26-8-2-3-8/h1,4-6,8H,2-3H2,(H2,26,27,28,29). The van der Waals surface area contributed by atoms with Gasteiger partial charge in [-0.1, -0.05) is 0 Å². The third-order valence-corrected chi connectivity index (χ3v) is 3.84. The third-order valence-electron chi connectivity index (χ3n) is 3.84. The molecule has 1 aromatic carbocycles. The Balaban J connectivity index is 2.02. The first-order valence-electron chi connectivity index (χ1n) is 8.02. The molecule has 0 bridgehead atoms. The van der Waals surface area contributed by atoms with Gasteiger partial charge in [0.05, 0.1) is 16.8 Å². The summed E-state index contributed by atoms with van der Waals surface area (Å²) in [6.45, 7) is 0. The maximum atomic E-state index is 13.2. The smallest absolute Gasteiger partial charge is 0.351 e. The van der Waals surface area contributed by atoms with E-state index in [-0.39, 0.29) is 12.1 Å². The average molecular weight is 430 g/mol. The zero-order chi connectivity index (χ0) is 21.6. The minimum atomic E-state index is -5.20. The van der Waals surface area contributed by atoms with E-state index in [9.17, 15) is 39.5 Å². The van der Waals surface area contributed by atoms with E-state index in [0.29, 0.717) is 31.0 Å². The fourth-order valence-corrected chi connectivity index (χ4v) is 2.33. The van der Waals surface area contributed by atoms with Crippen LogP contribution in [-0.2, 0) is 18.5 Å². The van der Waals surface area contributed by atoms with E-state index in [1.54, 1.807) is 0 Å². The summed E-state index contributed by atoms with van der Waals surface area (Å²) in [5, 5.41) is 4.62. The van der Waals surface area contributed by atoms with Gasteiger partial charge in [-0.3, -0.25) is 0 Å². The molecule has 0 saturated heterocycles. The number of anilines is 3. The van der Waals surface area contributed by atoms with Crippen molar-refractivity contribution in [2.24, 2.45) is 0 Å². The first-order valence-corrected chi connectivity index (χ1v) is 8.02. The van der Waals surface area contributed by atoms with Crippen LogP contribution in [0.2, 0.25) is 0 Å². The number of alkyl halides is 9. The normalized spacial score (nSPS) is 15.3. The van der Waals surface area contributed by atoms with Crippen LogP contribution in [0.4, 0.5) is 57.0 Å². The second kappa shape index (κ2) is 6.95. The van der Waals surface area contributed by atoms with E-state index in [2.05, 4.69) is 15.3 Å². The zero-order valence-corrected chi connectivity index (χ0v) is 14.1. The van der Waals surface area contributed by atoms with Crippen molar-refractivity contribution >= 4 is 17.5 Å². The Kier molecular flexibility index (Phi) is 5.03. The summed E-state index contributed by atoms with van der Waals surface area (Å²) in [5.74, 6) is -1.11. The Morgan fingerprint density at radius 1 is 0.793 bits per heavy atom. The first kappa shape index (κ1) is 21.0. The van der Waals surface area contributed by atoms with Crippen LogP contribution in [0.25, 0.3) is 0 Å². The van der Waals surface area contributed by atoms with Gasteiger partial charge in [0.25, 0.3) is 0 Å². The molecule has 1 aliphatic rings. The SMILES string of the molecule is FC(F)(F)c1ccc(Nc2cc(C(F)(F)F)nc(NC3CC3)n2)c(C(F)(F)F)c1. The molecular formula is C16H11F9N4. The largest absolute Gasteiger partial charge is 0.433 e. The van der Waals surface area contributed by atoms with Crippen molar-refractivity contribution in [3.63, 3.8) is 0 Å². The second-order valence-electron chi connectivity index (χ2n) is 6.26. The summed E-state index contributed by atoms with van der Waals surface area (Å²) in [6.07, 6.45) is -13.8. The van der Waals surface area contributed by atoms with E-state index in [1.165, 1.54) is 0 Å². The van der Waals surface area contributed by atoms with Crippen molar-refractivity contribution in [2.45, 2.75) is 37.4 Å². The predicted molar refractivity (Wildman–Crippen MR) is 83.4 cm³/mol. The van der Waals surface area contributed by atoms with Gasteiger partial charge in [-0.15, -0.1) is 0 Å². The summed E-state index contributed by atoms with van der Waals surface area (Å²) >= 11 is 0. The molecule has 4 nitrogen and oxygen atoms in total. The number of benzene rings is 1. The zero-order valence-electron chi connectivity index (χ0n) is 14.1. The number of nitrogens with zero attached hydrogens (tertiary/aromatic N) is 2. The molecule has 2 N–H and O–H groups in total. The van der Waals surface area contributed by atoms with Crippen LogP contribution < -0.4 is 10.6 Å². The van der Waals surface area contributed by atoms with E-state index >= 15 is 0 Å². The van der Waals surface area contributed by atoms with Crippen molar-refractivity contribution in [2.75, 3.05) is 10.6 Å². The molecule has 3 rings (SSSR count). The summed E-state index contributed by atoms with van der Waals surface area (Å²) in [6, 6.07) is 0.957. The van der Waals surface area contributed by atoms with Crippen molar-refractivity contribution in [1.82, 2.24) is 9.97 Å². The Labute approximate surface area is 157 Å². The Morgan fingerprint density at radius 2 is 1.45 bits per heavy atom. The van der Waals surface area contributed by atoms with Gasteiger partial charge in [0, 0.05) is 12.1 Å². The van der Waals surface area contributed by atoms with E-state index in [0.717, 1.165) is 0 Å². The maximum absolute atomic E-state index is 13.2. The fourth-order valence-electron chi connectivity index (χ4n) is 2.33. The van der Waals surface area contributed by atoms with Crippen LogP contribution in [0.5, 0.6) is 0 Å². The van der Waals surface area contributed by atoms with E-state index in [1.807, 2.05) is 5.32 Å². The van der Waals surface area contributed by atoms with Gasteiger partial charge in [-0.2, -0.15) is 44.5 Å². The molecule has 0 aliphatic heterocycles. The van der Waals surface area contributed by atoms with Gasteiger partial charge in [0.15, 0.2) is 5.69 Å². The quantitative estimate of drug-likeness (QED) is 0.598. The predicted octanol–water partition coefficient (Wildman–Crippen LogP) is 5.85. The molecular weight excluding hydrogens is 419 g/mol. The Hall–Kier alpha value is -2.73. The number of aromatic nitrogens is 2. The average Bonchev–Trinajstić information content (AvgIpc) is 3.36. The lowest BCUT2D eigenvalue weighted by Crippen LogP contribution is -2.16. The number of rotatable bonds is 4. The number of halogens is 9. The van der Waals surface area contributed by atoms with Crippen molar-refractivity contribution in [1.29, 1.82) is 0 Å². The highest BCUT2D eigenvalue weighted by Gasteiger charge is 2.39. The first-order chi connectivity index (χ1) is 13.2. The monoisotopic (exact) mass is 430 g/mol. The van der Waals surface area contributed by atoms with Crippen LogP contribution in [0, 0.1) is 0 Å². The van der Waals surface area contributed by atoms with Gasteiger partial charge in [0.2, 0.25) is 5.95 Å². The topological polar surface area (TPSA) is 49.8 Å². The molecule has 0 atom stereocenters. The molecule has 0 spiro atoms. The minimum absolute atomic E-state index is 0.127. The highest BCUT2D eigenvalue weighted by atomic mass is 19.4. The second-order valence-corrected chi connectivity index (χ2v) is 6.26. The molecule has 0 unspecified atom stereocenters. The van der Waals surface area contributed by atoms with Gasteiger partial charge in [-0.25, -0.2) is 4.98 Å². The lowest BCUT2D eigenvalue weighted by Gasteiger charge is -2.18. The van der Waals surface area contributed by atoms with Crippen molar-refractivity contribution in [3.05, 3.63) is 41.1 Å². The highest BCUT2D eigenvalue weighted by Crippen LogP contribution is 2.40. The molecule has 1 heterocycles. The molecule has 0 amide bonds. The van der Waals surface area contributed by atoms with Crippen LogP contribution >= 0.6 is 0 Å². The van der Waals surface area contributed by atoms with Gasteiger partial charge in [0.1, 0.15) is 5.82 Å². The van der Waals surface area contributed by atoms with E-state index in [4.69, 9.17) is 0 Å². The van der Waals surface area contributed by atoms with Crippen LogP contribution in [0.15, 0.2) is 24.3 Å². The summed E-state index contributed by atoms with van der Waals surface area (Å²) < 4.78 is 117. The van der Waals surface area contributed by atoms with Crippen LogP contribution in [-0.4, -0.2) is 16.0 Å². The molecule has 2 aromatic rings. The van der Waals surface area contributed by atoms with Crippen LogP contribution in [0.3, 0.4) is 0 Å².